The Morgan fingerprint density at radius 3 is 2.68 bits per heavy atom. The van der Waals surface area contributed by atoms with Crippen LogP contribution < -0.4 is 5.32 Å². The Kier molecular flexibility index (Phi) is 5.71. The second kappa shape index (κ2) is 8.17. The smallest absolute Gasteiger partial charge is 0.230 e. The van der Waals surface area contributed by atoms with Crippen molar-refractivity contribution in [2.75, 3.05) is 5.75 Å². The van der Waals surface area contributed by atoms with Gasteiger partial charge in [0.2, 0.25) is 5.91 Å². The van der Waals surface area contributed by atoms with E-state index in [1.54, 1.807) is 0 Å². The van der Waals surface area contributed by atoms with Crippen molar-refractivity contribution in [1.29, 1.82) is 0 Å². The molecule has 2 aromatic carbocycles. The first-order valence-corrected chi connectivity index (χ1v) is 9.48. The number of fused-ring (bicyclic) bond motifs is 1. The molecule has 0 radical (unpaired) electrons. The Morgan fingerprint density at radius 1 is 1.12 bits per heavy atom. The van der Waals surface area contributed by atoms with E-state index in [2.05, 4.69) is 43.4 Å². The normalized spacial score (nSPS) is 10.8. The van der Waals surface area contributed by atoms with Crippen LogP contribution in [-0.4, -0.2) is 16.6 Å². The predicted octanol–water partition coefficient (Wildman–Crippen LogP) is 4.51. The third-order valence-corrected chi connectivity index (χ3v) is 5.17. The van der Waals surface area contributed by atoms with E-state index >= 15 is 0 Å². The van der Waals surface area contributed by atoms with Crippen molar-refractivity contribution in [2.24, 2.45) is 0 Å². The van der Waals surface area contributed by atoms with Crippen molar-refractivity contribution < 1.29 is 4.79 Å². The van der Waals surface area contributed by atoms with Crippen LogP contribution in [0.2, 0.25) is 0 Å². The quantitative estimate of drug-likeness (QED) is 0.665. The van der Waals surface area contributed by atoms with E-state index in [9.17, 15) is 4.79 Å². The van der Waals surface area contributed by atoms with Gasteiger partial charge in [-0.2, -0.15) is 0 Å². The van der Waals surface area contributed by atoms with E-state index in [4.69, 9.17) is 4.98 Å². The van der Waals surface area contributed by atoms with Crippen molar-refractivity contribution in [3.63, 3.8) is 0 Å². The number of hydrogen-bond acceptors (Lipinski definition) is 3. The van der Waals surface area contributed by atoms with Gasteiger partial charge in [0.15, 0.2) is 0 Å². The fourth-order valence-electron chi connectivity index (χ4n) is 2.73. The molecule has 128 valence electrons. The molecule has 3 rings (SSSR count). The Balaban J connectivity index is 1.67. The molecule has 0 unspecified atom stereocenters. The number of pyridine rings is 1. The average Bonchev–Trinajstić information content (AvgIpc) is 2.65. The van der Waals surface area contributed by atoms with Crippen LogP contribution in [0.25, 0.3) is 10.9 Å². The molecule has 1 heterocycles. The van der Waals surface area contributed by atoms with Crippen molar-refractivity contribution in [3.05, 3.63) is 71.3 Å². The number of hydrogen-bond donors (Lipinski definition) is 1. The van der Waals surface area contributed by atoms with Gasteiger partial charge in [0.05, 0.1) is 11.3 Å². The Hall–Kier alpha value is -2.33. The van der Waals surface area contributed by atoms with Crippen molar-refractivity contribution in [3.8, 4) is 0 Å². The zero-order chi connectivity index (χ0) is 17.6. The van der Waals surface area contributed by atoms with Gasteiger partial charge in [-0.1, -0.05) is 67.2 Å². The predicted molar refractivity (Wildman–Crippen MR) is 105 cm³/mol. The Labute approximate surface area is 152 Å². The first-order valence-electron chi connectivity index (χ1n) is 8.50. The van der Waals surface area contributed by atoms with Crippen LogP contribution in [-0.2, 0) is 17.8 Å². The van der Waals surface area contributed by atoms with Gasteiger partial charge in [0.25, 0.3) is 0 Å². The molecule has 0 atom stereocenters. The molecule has 0 spiro atoms. The minimum atomic E-state index is 0.0302. The molecule has 4 heteroatoms. The van der Waals surface area contributed by atoms with Gasteiger partial charge >= 0.3 is 0 Å². The lowest BCUT2D eigenvalue weighted by molar-refractivity contribution is -0.118. The molecule has 3 nitrogen and oxygen atoms in total. The number of nitrogens with zero attached hydrogens (tertiary/aromatic N) is 1. The molecule has 0 aliphatic heterocycles. The highest BCUT2D eigenvalue weighted by Crippen LogP contribution is 2.26. The number of para-hydroxylation sites is 1. The lowest BCUT2D eigenvalue weighted by Crippen LogP contribution is -2.24. The number of aromatic nitrogens is 1. The highest BCUT2D eigenvalue weighted by Gasteiger charge is 2.10. The topological polar surface area (TPSA) is 42.0 Å². The van der Waals surface area contributed by atoms with Gasteiger partial charge in [-0.3, -0.25) is 4.79 Å². The van der Waals surface area contributed by atoms with E-state index in [-0.39, 0.29) is 5.91 Å². The molecule has 0 fully saturated rings. The van der Waals surface area contributed by atoms with Crippen LogP contribution in [0.5, 0.6) is 0 Å². The second-order valence-corrected chi connectivity index (χ2v) is 6.97. The number of carbonyl (C=O) groups excluding carboxylic acids is 1. The summed E-state index contributed by atoms with van der Waals surface area (Å²) in [6.07, 6.45) is 0.908. The minimum absolute atomic E-state index is 0.0302. The van der Waals surface area contributed by atoms with E-state index in [1.165, 1.54) is 17.3 Å². The lowest BCUT2D eigenvalue weighted by Gasteiger charge is -2.10. The van der Waals surface area contributed by atoms with Gasteiger partial charge < -0.3 is 5.32 Å². The van der Waals surface area contributed by atoms with Crippen molar-refractivity contribution >= 4 is 28.6 Å². The first kappa shape index (κ1) is 17.5. The summed E-state index contributed by atoms with van der Waals surface area (Å²) in [5.74, 6) is 0.409. The van der Waals surface area contributed by atoms with E-state index in [0.29, 0.717) is 12.3 Å². The van der Waals surface area contributed by atoms with Gasteiger partial charge in [0, 0.05) is 11.9 Å². The summed E-state index contributed by atoms with van der Waals surface area (Å²) < 4.78 is 0. The summed E-state index contributed by atoms with van der Waals surface area (Å²) in [5, 5.41) is 5.09. The minimum Gasteiger partial charge on any atom is -0.351 e. The molecule has 0 aliphatic carbocycles. The van der Waals surface area contributed by atoms with E-state index in [1.807, 2.05) is 30.3 Å². The summed E-state index contributed by atoms with van der Waals surface area (Å²) in [6.45, 7) is 4.76. The van der Waals surface area contributed by atoms with Gasteiger partial charge in [0.1, 0.15) is 5.03 Å². The SMILES string of the molecule is CCc1cc2cccc(C)c2nc1SCC(=O)NCc1ccccc1. The summed E-state index contributed by atoms with van der Waals surface area (Å²) in [6, 6.07) is 18.4. The largest absolute Gasteiger partial charge is 0.351 e. The number of aryl methyl sites for hydroxylation is 2. The number of thioether (sulfide) groups is 1. The molecular formula is C21H22N2OS. The van der Waals surface area contributed by atoms with Gasteiger partial charge in [-0.25, -0.2) is 4.98 Å². The second-order valence-electron chi connectivity index (χ2n) is 6.00. The summed E-state index contributed by atoms with van der Waals surface area (Å²) >= 11 is 1.52. The zero-order valence-corrected chi connectivity index (χ0v) is 15.4. The number of rotatable bonds is 6. The lowest BCUT2D eigenvalue weighted by atomic mass is 10.1. The van der Waals surface area contributed by atoms with Crippen LogP contribution in [0.1, 0.15) is 23.6 Å². The fourth-order valence-corrected chi connectivity index (χ4v) is 3.65. The van der Waals surface area contributed by atoms with Crippen LogP contribution in [0.4, 0.5) is 0 Å². The van der Waals surface area contributed by atoms with Crippen molar-refractivity contribution in [1.82, 2.24) is 10.3 Å². The molecule has 1 amide bonds. The molecule has 1 N–H and O–H groups in total. The van der Waals surface area contributed by atoms with Gasteiger partial charge in [-0.15, -0.1) is 0 Å². The molecule has 0 bridgehead atoms. The van der Waals surface area contributed by atoms with Crippen molar-refractivity contribution in [2.45, 2.75) is 31.8 Å². The maximum Gasteiger partial charge on any atom is 0.230 e. The standard InChI is InChI=1S/C21H22N2OS/c1-3-17-12-18-11-7-8-15(2)20(18)23-21(17)25-14-19(24)22-13-16-9-5-4-6-10-16/h4-12H,3,13-14H2,1-2H3,(H,22,24). The molecule has 3 aromatic rings. The summed E-state index contributed by atoms with van der Waals surface area (Å²) in [7, 11) is 0. The van der Waals surface area contributed by atoms with Crippen LogP contribution in [0, 0.1) is 6.92 Å². The molecule has 0 aliphatic rings. The molecule has 0 saturated carbocycles. The molecule has 0 saturated heterocycles. The van der Waals surface area contributed by atoms with E-state index < -0.39 is 0 Å². The highest BCUT2D eigenvalue weighted by molar-refractivity contribution is 7.99. The van der Waals surface area contributed by atoms with Crippen LogP contribution in [0.15, 0.2) is 59.6 Å². The number of nitrogens with one attached hydrogen (secondary N) is 1. The van der Waals surface area contributed by atoms with E-state index in [0.717, 1.165) is 33.5 Å². The Bertz CT molecular complexity index is 878. The monoisotopic (exact) mass is 350 g/mol. The Morgan fingerprint density at radius 2 is 1.92 bits per heavy atom. The molecular weight excluding hydrogens is 328 g/mol. The highest BCUT2D eigenvalue weighted by atomic mass is 32.2. The maximum atomic E-state index is 12.2. The van der Waals surface area contributed by atoms with Crippen LogP contribution >= 0.6 is 11.8 Å². The number of amides is 1. The average molecular weight is 350 g/mol. The summed E-state index contributed by atoms with van der Waals surface area (Å²) in [5.41, 5.74) is 4.48. The third kappa shape index (κ3) is 4.40. The maximum absolute atomic E-state index is 12.2. The number of benzene rings is 2. The zero-order valence-electron chi connectivity index (χ0n) is 14.6. The fraction of sp³-hybridized carbons (Fsp3) is 0.238. The third-order valence-electron chi connectivity index (χ3n) is 4.14. The van der Waals surface area contributed by atoms with Crippen LogP contribution in [0.3, 0.4) is 0 Å². The molecule has 25 heavy (non-hydrogen) atoms. The van der Waals surface area contributed by atoms with Gasteiger partial charge in [-0.05, 0) is 36.1 Å². The molecule has 1 aromatic heterocycles. The first-order chi connectivity index (χ1) is 12.2. The number of carbonyl (C=O) groups is 1. The summed E-state index contributed by atoms with van der Waals surface area (Å²) in [4.78, 5) is 17.0.